The number of thioether (sulfide) groups is 1. The molecule has 3 nitrogen and oxygen atoms in total. The van der Waals surface area contributed by atoms with E-state index >= 15 is 0 Å². The van der Waals surface area contributed by atoms with Crippen molar-refractivity contribution in [2.75, 3.05) is 0 Å². The Balaban J connectivity index is 1.94. The SMILES string of the molecule is O=C(SCc1cnns1)c1ccccc1. The number of hydrogen-bond donors (Lipinski definition) is 0. The predicted octanol–water partition coefficient (Wildman–Crippen LogP) is 2.61. The summed E-state index contributed by atoms with van der Waals surface area (Å²) in [5.74, 6) is 0.644. The number of rotatable bonds is 3. The molecule has 0 unspecified atom stereocenters. The number of nitrogens with zero attached hydrogens (tertiary/aromatic N) is 2. The van der Waals surface area contributed by atoms with Crippen molar-refractivity contribution in [3.63, 3.8) is 0 Å². The van der Waals surface area contributed by atoms with Gasteiger partial charge in [-0.05, 0) is 11.5 Å². The zero-order valence-electron chi connectivity index (χ0n) is 7.79. The van der Waals surface area contributed by atoms with Gasteiger partial charge in [0.2, 0.25) is 5.12 Å². The van der Waals surface area contributed by atoms with Crippen LogP contribution >= 0.6 is 23.3 Å². The molecule has 5 heteroatoms. The van der Waals surface area contributed by atoms with Crippen LogP contribution in [-0.4, -0.2) is 14.7 Å². The first kappa shape index (κ1) is 10.3. The Morgan fingerprint density at radius 3 is 2.80 bits per heavy atom. The van der Waals surface area contributed by atoms with Gasteiger partial charge in [-0.15, -0.1) is 5.10 Å². The first-order valence-corrected chi connectivity index (χ1v) is 6.10. The molecule has 0 radical (unpaired) electrons. The Bertz CT molecular complexity index is 428. The van der Waals surface area contributed by atoms with E-state index in [0.29, 0.717) is 5.75 Å². The fourth-order valence-corrected chi connectivity index (χ4v) is 2.38. The second-order valence-corrected chi connectivity index (χ2v) is 4.64. The number of carbonyl (C=O) groups excluding carboxylic acids is 1. The fourth-order valence-electron chi connectivity index (χ4n) is 1.05. The van der Waals surface area contributed by atoms with Crippen LogP contribution in [0.5, 0.6) is 0 Å². The zero-order chi connectivity index (χ0) is 10.5. The molecule has 0 saturated carbocycles. The Labute approximate surface area is 95.7 Å². The average Bonchev–Trinajstić information content (AvgIpc) is 2.80. The fraction of sp³-hybridized carbons (Fsp3) is 0.100. The van der Waals surface area contributed by atoms with Crippen molar-refractivity contribution in [2.45, 2.75) is 5.75 Å². The molecule has 1 aromatic heterocycles. The zero-order valence-corrected chi connectivity index (χ0v) is 9.42. The number of carbonyl (C=O) groups is 1. The minimum atomic E-state index is 0.0870. The topological polar surface area (TPSA) is 42.9 Å². The first-order valence-electron chi connectivity index (χ1n) is 4.34. The second-order valence-electron chi connectivity index (χ2n) is 2.83. The molecular weight excluding hydrogens is 228 g/mol. The molecule has 0 aliphatic rings. The van der Waals surface area contributed by atoms with Crippen LogP contribution in [0.4, 0.5) is 0 Å². The van der Waals surface area contributed by atoms with E-state index < -0.39 is 0 Å². The van der Waals surface area contributed by atoms with Crippen LogP contribution in [0.25, 0.3) is 0 Å². The van der Waals surface area contributed by atoms with Crippen LogP contribution in [0.2, 0.25) is 0 Å². The summed E-state index contributed by atoms with van der Waals surface area (Å²) in [6, 6.07) is 9.26. The summed E-state index contributed by atoms with van der Waals surface area (Å²) in [4.78, 5) is 12.7. The van der Waals surface area contributed by atoms with Crippen molar-refractivity contribution < 1.29 is 4.79 Å². The highest BCUT2D eigenvalue weighted by Crippen LogP contribution is 2.18. The van der Waals surface area contributed by atoms with Crippen LogP contribution in [0.3, 0.4) is 0 Å². The van der Waals surface area contributed by atoms with Crippen molar-refractivity contribution in [1.82, 2.24) is 9.59 Å². The molecule has 0 spiro atoms. The van der Waals surface area contributed by atoms with Gasteiger partial charge in [-0.2, -0.15) is 0 Å². The molecule has 0 N–H and O–H groups in total. The van der Waals surface area contributed by atoms with Crippen LogP contribution in [0.1, 0.15) is 15.2 Å². The predicted molar refractivity (Wildman–Crippen MR) is 62.0 cm³/mol. The van der Waals surface area contributed by atoms with Gasteiger partial charge in [-0.1, -0.05) is 46.6 Å². The van der Waals surface area contributed by atoms with Crippen LogP contribution in [0.15, 0.2) is 36.5 Å². The average molecular weight is 236 g/mol. The molecule has 76 valence electrons. The van der Waals surface area contributed by atoms with Gasteiger partial charge in [0.1, 0.15) is 0 Å². The van der Waals surface area contributed by atoms with E-state index in [2.05, 4.69) is 9.59 Å². The van der Waals surface area contributed by atoms with E-state index in [1.165, 1.54) is 23.3 Å². The number of aromatic nitrogens is 2. The highest BCUT2D eigenvalue weighted by Gasteiger charge is 2.06. The molecule has 0 saturated heterocycles. The molecule has 2 rings (SSSR count). The number of hydrogen-bond acceptors (Lipinski definition) is 5. The minimum Gasteiger partial charge on any atom is -0.282 e. The Kier molecular flexibility index (Phi) is 3.47. The Morgan fingerprint density at radius 1 is 1.33 bits per heavy atom. The van der Waals surface area contributed by atoms with E-state index in [1.54, 1.807) is 6.20 Å². The second kappa shape index (κ2) is 5.04. The lowest BCUT2D eigenvalue weighted by Crippen LogP contribution is -1.92. The maximum atomic E-state index is 11.7. The molecule has 1 heterocycles. The van der Waals surface area contributed by atoms with Gasteiger partial charge < -0.3 is 0 Å². The first-order chi connectivity index (χ1) is 7.36. The van der Waals surface area contributed by atoms with Crippen molar-refractivity contribution >= 4 is 28.4 Å². The van der Waals surface area contributed by atoms with E-state index in [0.717, 1.165) is 10.4 Å². The third-order valence-electron chi connectivity index (χ3n) is 1.76. The minimum absolute atomic E-state index is 0.0870. The summed E-state index contributed by atoms with van der Waals surface area (Å²) in [5.41, 5.74) is 0.736. The third-order valence-corrected chi connectivity index (χ3v) is 3.56. The monoisotopic (exact) mass is 236 g/mol. The summed E-state index contributed by atoms with van der Waals surface area (Å²) in [5, 5.41) is 3.80. The van der Waals surface area contributed by atoms with E-state index in [4.69, 9.17) is 0 Å². The van der Waals surface area contributed by atoms with Gasteiger partial charge >= 0.3 is 0 Å². The van der Waals surface area contributed by atoms with Gasteiger partial charge in [0.25, 0.3) is 0 Å². The molecule has 1 aromatic carbocycles. The summed E-state index contributed by atoms with van der Waals surface area (Å²) < 4.78 is 3.74. The van der Waals surface area contributed by atoms with Crippen LogP contribution in [-0.2, 0) is 5.75 Å². The molecule has 0 aliphatic heterocycles. The smallest absolute Gasteiger partial charge is 0.219 e. The lowest BCUT2D eigenvalue weighted by Gasteiger charge is -1.97. The summed E-state index contributed by atoms with van der Waals surface area (Å²) in [7, 11) is 0. The lowest BCUT2D eigenvalue weighted by molar-refractivity contribution is 0.108. The van der Waals surface area contributed by atoms with Gasteiger partial charge in [0.15, 0.2) is 0 Å². The quantitative estimate of drug-likeness (QED) is 0.821. The standard InChI is InChI=1S/C10H8N2OS2/c13-10(8-4-2-1-3-5-8)14-7-9-6-11-12-15-9/h1-6H,7H2. The third kappa shape index (κ3) is 2.87. The van der Waals surface area contributed by atoms with Crippen molar-refractivity contribution in [1.29, 1.82) is 0 Å². The van der Waals surface area contributed by atoms with E-state index in [9.17, 15) is 4.79 Å². The normalized spacial score (nSPS) is 10.1. The van der Waals surface area contributed by atoms with Gasteiger partial charge in [0.05, 0.1) is 11.1 Å². The van der Waals surface area contributed by atoms with Gasteiger partial charge in [-0.25, -0.2) is 0 Å². The molecule has 2 aromatic rings. The molecular formula is C10H8N2OS2. The Morgan fingerprint density at radius 2 is 2.13 bits per heavy atom. The molecule has 0 bridgehead atoms. The largest absolute Gasteiger partial charge is 0.282 e. The van der Waals surface area contributed by atoms with Crippen molar-refractivity contribution in [3.05, 3.63) is 47.0 Å². The van der Waals surface area contributed by atoms with E-state index in [1.807, 2.05) is 30.3 Å². The maximum absolute atomic E-state index is 11.7. The highest BCUT2D eigenvalue weighted by atomic mass is 32.2. The van der Waals surface area contributed by atoms with Gasteiger partial charge in [-0.3, -0.25) is 4.79 Å². The van der Waals surface area contributed by atoms with Crippen LogP contribution < -0.4 is 0 Å². The molecule has 0 fully saturated rings. The summed E-state index contributed by atoms with van der Waals surface area (Å²) >= 11 is 2.60. The van der Waals surface area contributed by atoms with Crippen molar-refractivity contribution in [2.24, 2.45) is 0 Å². The molecule has 0 atom stereocenters. The van der Waals surface area contributed by atoms with Gasteiger partial charge in [0, 0.05) is 11.3 Å². The van der Waals surface area contributed by atoms with Crippen LogP contribution in [0, 0.1) is 0 Å². The lowest BCUT2D eigenvalue weighted by atomic mass is 10.2. The van der Waals surface area contributed by atoms with Crippen molar-refractivity contribution in [3.8, 4) is 0 Å². The highest BCUT2D eigenvalue weighted by molar-refractivity contribution is 8.13. The molecule has 0 aliphatic carbocycles. The summed E-state index contributed by atoms with van der Waals surface area (Å²) in [6.45, 7) is 0. The maximum Gasteiger partial charge on any atom is 0.219 e. The van der Waals surface area contributed by atoms with E-state index in [-0.39, 0.29) is 5.12 Å². The Hall–Kier alpha value is -1.20. The number of benzene rings is 1. The summed E-state index contributed by atoms with van der Waals surface area (Å²) in [6.07, 6.45) is 1.69. The molecule has 15 heavy (non-hydrogen) atoms. The molecule has 0 amide bonds.